The summed E-state index contributed by atoms with van der Waals surface area (Å²) in [5.74, 6) is -0.449. The van der Waals surface area contributed by atoms with Crippen LogP contribution < -0.4 is 10.7 Å². The molecule has 3 N–H and O–H groups in total. The van der Waals surface area contributed by atoms with Crippen LogP contribution in [0.4, 0.5) is 5.69 Å². The third kappa shape index (κ3) is 2.33. The van der Waals surface area contributed by atoms with Crippen LogP contribution in [0.5, 0.6) is 0 Å². The van der Waals surface area contributed by atoms with Crippen molar-refractivity contribution in [3.8, 4) is 0 Å². The maximum Gasteiger partial charge on any atom is 0.271 e. The van der Waals surface area contributed by atoms with Crippen molar-refractivity contribution in [2.24, 2.45) is 5.10 Å². The molecule has 1 aromatic heterocycles. The number of amides is 2. The number of aromatic nitrogens is 1. The van der Waals surface area contributed by atoms with Crippen molar-refractivity contribution in [3.05, 3.63) is 30.5 Å². The third-order valence-corrected chi connectivity index (χ3v) is 2.98. The topological polar surface area (TPSA) is 86.3 Å². The van der Waals surface area contributed by atoms with Gasteiger partial charge in [0.05, 0.1) is 0 Å². The summed E-state index contributed by atoms with van der Waals surface area (Å²) >= 11 is 0. The standard InChI is InChI=1S/C13H12N4O2/c18-12-4-3-10(16-17-12)13(19)15-9-2-1-8-5-6-14-11(8)7-9/h1-2,5-7,14H,3-4H2,(H,15,19)(H,17,18). The predicted molar refractivity (Wildman–Crippen MR) is 71.7 cm³/mol. The average Bonchev–Trinajstić information content (AvgIpc) is 2.87. The molecule has 0 saturated heterocycles. The number of fused-ring (bicyclic) bond motifs is 1. The maximum atomic E-state index is 11.9. The Balaban J connectivity index is 1.77. The van der Waals surface area contributed by atoms with Crippen LogP contribution in [0, 0.1) is 0 Å². The Morgan fingerprint density at radius 3 is 2.95 bits per heavy atom. The minimum atomic E-state index is -0.286. The van der Waals surface area contributed by atoms with Crippen LogP contribution >= 0.6 is 0 Å². The summed E-state index contributed by atoms with van der Waals surface area (Å²) in [6.45, 7) is 0. The molecule has 6 nitrogen and oxygen atoms in total. The van der Waals surface area contributed by atoms with Gasteiger partial charge < -0.3 is 10.3 Å². The molecule has 0 radical (unpaired) electrons. The molecule has 96 valence electrons. The predicted octanol–water partition coefficient (Wildman–Crippen LogP) is 1.37. The fourth-order valence-corrected chi connectivity index (χ4v) is 1.97. The number of nitrogens with one attached hydrogen (secondary N) is 3. The summed E-state index contributed by atoms with van der Waals surface area (Å²) in [7, 11) is 0. The number of rotatable bonds is 2. The first-order valence-electron chi connectivity index (χ1n) is 5.96. The van der Waals surface area contributed by atoms with Crippen molar-refractivity contribution in [2.45, 2.75) is 12.8 Å². The highest BCUT2D eigenvalue weighted by atomic mass is 16.2. The zero-order valence-electron chi connectivity index (χ0n) is 10.1. The van der Waals surface area contributed by atoms with Gasteiger partial charge in [-0.05, 0) is 23.6 Å². The number of carbonyl (C=O) groups excluding carboxylic acids is 2. The lowest BCUT2D eigenvalue weighted by Gasteiger charge is -2.11. The van der Waals surface area contributed by atoms with Crippen LogP contribution in [-0.4, -0.2) is 22.5 Å². The van der Waals surface area contributed by atoms with Crippen LogP contribution in [0.2, 0.25) is 0 Å². The number of hydrogen-bond donors (Lipinski definition) is 3. The quantitative estimate of drug-likeness (QED) is 0.758. The minimum Gasteiger partial charge on any atom is -0.361 e. The number of hydrogen-bond acceptors (Lipinski definition) is 3. The van der Waals surface area contributed by atoms with Crippen molar-refractivity contribution in [2.75, 3.05) is 5.32 Å². The molecule has 0 atom stereocenters. The zero-order chi connectivity index (χ0) is 13.2. The van der Waals surface area contributed by atoms with E-state index in [-0.39, 0.29) is 11.8 Å². The fourth-order valence-electron chi connectivity index (χ4n) is 1.97. The van der Waals surface area contributed by atoms with E-state index in [9.17, 15) is 9.59 Å². The highest BCUT2D eigenvalue weighted by Gasteiger charge is 2.18. The molecule has 6 heteroatoms. The summed E-state index contributed by atoms with van der Waals surface area (Å²) in [4.78, 5) is 26.0. The Hall–Kier alpha value is -2.63. The molecule has 2 aromatic rings. The van der Waals surface area contributed by atoms with E-state index in [2.05, 4.69) is 20.8 Å². The zero-order valence-corrected chi connectivity index (χ0v) is 10.1. The number of carbonyl (C=O) groups is 2. The molecule has 0 spiro atoms. The second-order valence-corrected chi connectivity index (χ2v) is 4.33. The number of nitrogens with zero attached hydrogens (tertiary/aromatic N) is 1. The van der Waals surface area contributed by atoms with Crippen LogP contribution in [0.3, 0.4) is 0 Å². The van der Waals surface area contributed by atoms with Crippen molar-refractivity contribution in [3.63, 3.8) is 0 Å². The van der Waals surface area contributed by atoms with Gasteiger partial charge in [0.25, 0.3) is 5.91 Å². The van der Waals surface area contributed by atoms with E-state index in [4.69, 9.17) is 0 Å². The molecule has 2 amide bonds. The van der Waals surface area contributed by atoms with Gasteiger partial charge in [0.2, 0.25) is 5.91 Å². The second kappa shape index (κ2) is 4.56. The molecular formula is C13H12N4O2. The third-order valence-electron chi connectivity index (χ3n) is 2.98. The highest BCUT2D eigenvalue weighted by Crippen LogP contribution is 2.17. The van der Waals surface area contributed by atoms with E-state index < -0.39 is 0 Å². The molecule has 3 rings (SSSR count). The number of anilines is 1. The van der Waals surface area contributed by atoms with E-state index in [1.54, 1.807) is 0 Å². The Kier molecular flexibility index (Phi) is 2.75. The first-order chi connectivity index (χ1) is 9.22. The monoisotopic (exact) mass is 256 g/mol. The number of benzene rings is 1. The lowest BCUT2D eigenvalue weighted by Crippen LogP contribution is -2.32. The Bertz CT molecular complexity index is 687. The second-order valence-electron chi connectivity index (χ2n) is 4.33. The van der Waals surface area contributed by atoms with Crippen molar-refractivity contribution in [1.82, 2.24) is 10.4 Å². The van der Waals surface area contributed by atoms with Gasteiger partial charge in [-0.3, -0.25) is 9.59 Å². The van der Waals surface area contributed by atoms with E-state index >= 15 is 0 Å². The molecule has 1 aliphatic rings. The Labute approximate surface area is 108 Å². The van der Waals surface area contributed by atoms with Gasteiger partial charge in [0.15, 0.2) is 0 Å². The molecule has 2 heterocycles. The Morgan fingerprint density at radius 2 is 2.16 bits per heavy atom. The molecular weight excluding hydrogens is 244 g/mol. The number of aromatic amines is 1. The maximum absolute atomic E-state index is 11.9. The smallest absolute Gasteiger partial charge is 0.271 e. The Morgan fingerprint density at radius 1 is 1.26 bits per heavy atom. The van der Waals surface area contributed by atoms with Crippen molar-refractivity contribution < 1.29 is 9.59 Å². The summed E-state index contributed by atoms with van der Waals surface area (Å²) in [6, 6.07) is 7.57. The molecule has 19 heavy (non-hydrogen) atoms. The fraction of sp³-hybridized carbons (Fsp3) is 0.154. The molecule has 0 bridgehead atoms. The summed E-state index contributed by atoms with van der Waals surface area (Å²) in [5.41, 5.74) is 4.29. The molecule has 0 fully saturated rings. The molecule has 0 saturated carbocycles. The van der Waals surface area contributed by atoms with Crippen LogP contribution in [0.1, 0.15) is 12.8 Å². The van der Waals surface area contributed by atoms with Crippen LogP contribution in [-0.2, 0) is 9.59 Å². The van der Waals surface area contributed by atoms with E-state index in [1.165, 1.54) is 0 Å². The summed E-state index contributed by atoms with van der Waals surface area (Å²) in [5, 5.41) is 7.61. The molecule has 0 aliphatic carbocycles. The molecule has 1 aliphatic heterocycles. The highest BCUT2D eigenvalue weighted by molar-refractivity contribution is 6.43. The lowest BCUT2D eigenvalue weighted by molar-refractivity contribution is -0.121. The van der Waals surface area contributed by atoms with Crippen LogP contribution in [0.25, 0.3) is 10.9 Å². The first-order valence-corrected chi connectivity index (χ1v) is 5.96. The largest absolute Gasteiger partial charge is 0.361 e. The van der Waals surface area contributed by atoms with Gasteiger partial charge in [-0.2, -0.15) is 5.10 Å². The first kappa shape index (κ1) is 11.5. The number of H-pyrrole nitrogens is 1. The van der Waals surface area contributed by atoms with Gasteiger partial charge in [-0.1, -0.05) is 6.07 Å². The average molecular weight is 256 g/mol. The van der Waals surface area contributed by atoms with E-state index in [1.807, 2.05) is 30.5 Å². The SMILES string of the molecule is O=C1CCC(C(=O)Nc2ccc3cc[nH]c3c2)=NN1. The van der Waals surface area contributed by atoms with Gasteiger partial charge >= 0.3 is 0 Å². The lowest BCUT2D eigenvalue weighted by atomic mass is 10.1. The van der Waals surface area contributed by atoms with Gasteiger partial charge in [-0.15, -0.1) is 0 Å². The van der Waals surface area contributed by atoms with E-state index in [0.29, 0.717) is 24.2 Å². The van der Waals surface area contributed by atoms with Gasteiger partial charge in [0, 0.05) is 30.2 Å². The normalized spacial score (nSPS) is 14.9. The summed E-state index contributed by atoms with van der Waals surface area (Å²) in [6.07, 6.45) is 2.50. The number of hydrazone groups is 1. The molecule has 1 aromatic carbocycles. The van der Waals surface area contributed by atoms with Crippen LogP contribution in [0.15, 0.2) is 35.6 Å². The summed E-state index contributed by atoms with van der Waals surface area (Å²) < 4.78 is 0. The van der Waals surface area contributed by atoms with Gasteiger partial charge in [0.1, 0.15) is 5.71 Å². The molecule has 0 unspecified atom stereocenters. The van der Waals surface area contributed by atoms with E-state index in [0.717, 1.165) is 10.9 Å². The van der Waals surface area contributed by atoms with Crippen molar-refractivity contribution >= 4 is 34.1 Å². The van der Waals surface area contributed by atoms with Gasteiger partial charge in [-0.25, -0.2) is 5.43 Å². The van der Waals surface area contributed by atoms with Crippen molar-refractivity contribution in [1.29, 1.82) is 0 Å². The minimum absolute atomic E-state index is 0.163.